The van der Waals surface area contributed by atoms with Crippen molar-refractivity contribution >= 4 is 24.0 Å². The molecule has 166 valence electrons. The second-order valence-corrected chi connectivity index (χ2v) is 8.73. The molecule has 0 bridgehead atoms. The molecule has 0 aliphatic heterocycles. The van der Waals surface area contributed by atoms with E-state index in [9.17, 15) is 19.8 Å². The number of fused-ring (bicyclic) bond motifs is 1. The number of carbonyl (C=O) groups excluding carboxylic acids is 2. The van der Waals surface area contributed by atoms with Crippen LogP contribution in [0.2, 0.25) is 0 Å². The first-order chi connectivity index (χ1) is 14.3. The lowest BCUT2D eigenvalue weighted by Crippen LogP contribution is -2.28. The molecule has 0 aromatic carbocycles. The van der Waals surface area contributed by atoms with Crippen LogP contribution in [0.1, 0.15) is 72.1 Å². The number of Topliss-reactive ketones (excluding diaryl/α,β-unsaturated/α-hetero) is 2. The molecule has 3 unspecified atom stereocenters. The van der Waals surface area contributed by atoms with Gasteiger partial charge in [-0.1, -0.05) is 25.7 Å². The molecule has 0 saturated heterocycles. The largest absolute Gasteiger partial charge is 0.512 e. The molecular formula is C24H36N2O4. The Balaban J connectivity index is 1.90. The lowest BCUT2D eigenvalue weighted by Gasteiger charge is -2.39. The van der Waals surface area contributed by atoms with E-state index in [4.69, 9.17) is 0 Å². The van der Waals surface area contributed by atoms with Crippen LogP contribution in [0.3, 0.4) is 0 Å². The van der Waals surface area contributed by atoms with Gasteiger partial charge >= 0.3 is 0 Å². The Morgan fingerprint density at radius 2 is 1.40 bits per heavy atom. The highest BCUT2D eigenvalue weighted by molar-refractivity contribution is 6.13. The topological polar surface area (TPSA) is 99.3 Å². The van der Waals surface area contributed by atoms with Crippen molar-refractivity contribution in [1.82, 2.24) is 0 Å². The summed E-state index contributed by atoms with van der Waals surface area (Å²) in [5.41, 5.74) is 0.453. The van der Waals surface area contributed by atoms with Gasteiger partial charge in [0, 0.05) is 18.9 Å². The number of rotatable bonds is 9. The van der Waals surface area contributed by atoms with Gasteiger partial charge in [-0.15, -0.1) is 0 Å². The van der Waals surface area contributed by atoms with Crippen LogP contribution >= 0.6 is 0 Å². The van der Waals surface area contributed by atoms with Gasteiger partial charge in [0.25, 0.3) is 0 Å². The molecule has 0 amide bonds. The molecule has 2 aliphatic carbocycles. The maximum atomic E-state index is 12.0. The van der Waals surface area contributed by atoms with E-state index in [1.807, 2.05) is 0 Å². The molecule has 3 atom stereocenters. The fourth-order valence-electron chi connectivity index (χ4n) is 4.77. The fourth-order valence-corrected chi connectivity index (χ4v) is 4.77. The Bertz CT molecular complexity index is 744. The quantitative estimate of drug-likeness (QED) is 0.240. The molecule has 2 rings (SSSR count). The number of allylic oxidation sites excluding steroid dienone is 4. The lowest BCUT2D eigenvalue weighted by molar-refractivity contribution is -0.114. The van der Waals surface area contributed by atoms with Crippen molar-refractivity contribution in [1.29, 1.82) is 0 Å². The summed E-state index contributed by atoms with van der Waals surface area (Å²) in [6, 6.07) is 0. The summed E-state index contributed by atoms with van der Waals surface area (Å²) >= 11 is 0. The number of ketones is 2. The highest BCUT2D eigenvalue weighted by Crippen LogP contribution is 2.44. The fraction of sp³-hybridized carbons (Fsp3) is 0.667. The SMILES string of the molecule is CC(=O)/C(C=NCCN=C/C(C(C)=O)=C(\O)CC1CCC2CCCCC2C1)=C(\C)O. The first kappa shape index (κ1) is 24.0. The first-order valence-corrected chi connectivity index (χ1v) is 11.1. The highest BCUT2D eigenvalue weighted by atomic mass is 16.3. The van der Waals surface area contributed by atoms with E-state index in [0.29, 0.717) is 25.4 Å². The van der Waals surface area contributed by atoms with Crippen molar-refractivity contribution in [2.45, 2.75) is 72.1 Å². The number of aliphatic hydroxyl groups excluding tert-OH is 2. The predicted molar refractivity (Wildman–Crippen MR) is 120 cm³/mol. The van der Waals surface area contributed by atoms with Gasteiger partial charge in [-0.25, -0.2) is 0 Å². The monoisotopic (exact) mass is 416 g/mol. The molecule has 2 N–H and O–H groups in total. The second kappa shape index (κ2) is 11.8. The van der Waals surface area contributed by atoms with E-state index >= 15 is 0 Å². The summed E-state index contributed by atoms with van der Waals surface area (Å²) < 4.78 is 0. The second-order valence-electron chi connectivity index (χ2n) is 8.73. The van der Waals surface area contributed by atoms with E-state index in [2.05, 4.69) is 9.98 Å². The highest BCUT2D eigenvalue weighted by Gasteiger charge is 2.32. The van der Waals surface area contributed by atoms with E-state index in [1.54, 1.807) is 0 Å². The standard InChI is InChI=1S/C24H36N2O4/c1-16(27)22(17(2)28)14-25-10-11-26-15-23(18(3)29)24(30)13-19-8-9-20-6-4-5-7-21(20)12-19/h14-15,19-21,27,30H,4-13H2,1-3H3/b22-16+,24-23+,25-14?,26-15?. The van der Waals surface area contributed by atoms with Crippen molar-refractivity contribution in [2.75, 3.05) is 13.1 Å². The molecule has 2 aliphatic rings. The molecule has 2 saturated carbocycles. The number of aliphatic hydroxyl groups is 2. The molecule has 0 aromatic rings. The molecule has 0 aromatic heterocycles. The third-order valence-corrected chi connectivity index (χ3v) is 6.39. The number of aliphatic imine (C=N–C) groups is 2. The zero-order valence-electron chi connectivity index (χ0n) is 18.6. The number of hydrogen-bond acceptors (Lipinski definition) is 6. The van der Waals surface area contributed by atoms with Crippen molar-refractivity contribution in [2.24, 2.45) is 27.7 Å². The van der Waals surface area contributed by atoms with Crippen molar-refractivity contribution < 1.29 is 19.8 Å². The summed E-state index contributed by atoms with van der Waals surface area (Å²) in [5, 5.41) is 20.0. The molecule has 0 heterocycles. The summed E-state index contributed by atoms with van der Waals surface area (Å²) in [6.45, 7) is 4.89. The Hall–Kier alpha value is -2.24. The third kappa shape index (κ3) is 7.22. The zero-order valence-corrected chi connectivity index (χ0v) is 18.6. The minimum atomic E-state index is -0.253. The van der Waals surface area contributed by atoms with Crippen molar-refractivity contribution in [3.63, 3.8) is 0 Å². The van der Waals surface area contributed by atoms with Crippen LogP contribution < -0.4 is 0 Å². The summed E-state index contributed by atoms with van der Waals surface area (Å²) in [5.74, 6) is 1.73. The Kier molecular flexibility index (Phi) is 9.47. The molecular weight excluding hydrogens is 380 g/mol. The first-order valence-electron chi connectivity index (χ1n) is 11.1. The van der Waals surface area contributed by atoms with Gasteiger partial charge < -0.3 is 10.2 Å². The average molecular weight is 417 g/mol. The minimum Gasteiger partial charge on any atom is -0.512 e. The van der Waals surface area contributed by atoms with Gasteiger partial charge in [0.15, 0.2) is 11.6 Å². The maximum Gasteiger partial charge on any atom is 0.164 e. The van der Waals surface area contributed by atoms with Crippen molar-refractivity contribution in [3.8, 4) is 0 Å². The Morgan fingerprint density at radius 1 is 0.833 bits per heavy atom. The third-order valence-electron chi connectivity index (χ3n) is 6.39. The number of carbonyl (C=O) groups is 2. The summed E-state index contributed by atoms with van der Waals surface area (Å²) in [7, 11) is 0. The van der Waals surface area contributed by atoms with E-state index < -0.39 is 0 Å². The molecule has 6 heteroatoms. The van der Waals surface area contributed by atoms with Crippen LogP contribution in [0, 0.1) is 17.8 Å². The van der Waals surface area contributed by atoms with Crippen LogP contribution in [0.25, 0.3) is 0 Å². The Labute approximate surface area is 179 Å². The van der Waals surface area contributed by atoms with Gasteiger partial charge in [0.2, 0.25) is 0 Å². The minimum absolute atomic E-state index is 0.0660. The van der Waals surface area contributed by atoms with Crippen LogP contribution in [0.4, 0.5) is 0 Å². The van der Waals surface area contributed by atoms with E-state index in [-0.39, 0.29) is 34.2 Å². The maximum absolute atomic E-state index is 12.0. The lowest BCUT2D eigenvalue weighted by atomic mass is 9.67. The smallest absolute Gasteiger partial charge is 0.164 e. The average Bonchev–Trinajstić information content (AvgIpc) is 2.68. The normalized spacial score (nSPS) is 26.3. The van der Waals surface area contributed by atoms with E-state index in [1.165, 1.54) is 65.3 Å². The molecule has 2 fully saturated rings. The van der Waals surface area contributed by atoms with Gasteiger partial charge in [-0.2, -0.15) is 0 Å². The molecule has 30 heavy (non-hydrogen) atoms. The van der Waals surface area contributed by atoms with Gasteiger partial charge in [-0.05, 0) is 57.8 Å². The number of hydrogen-bond donors (Lipinski definition) is 2. The Morgan fingerprint density at radius 3 is 1.97 bits per heavy atom. The van der Waals surface area contributed by atoms with Crippen molar-refractivity contribution in [3.05, 3.63) is 22.7 Å². The van der Waals surface area contributed by atoms with Crippen LogP contribution in [0.5, 0.6) is 0 Å². The number of nitrogens with zero attached hydrogens (tertiary/aromatic N) is 2. The van der Waals surface area contributed by atoms with Gasteiger partial charge in [0.05, 0.1) is 24.2 Å². The summed E-state index contributed by atoms with van der Waals surface area (Å²) in [6.07, 6.45) is 12.2. The van der Waals surface area contributed by atoms with Gasteiger partial charge in [-0.3, -0.25) is 19.6 Å². The zero-order chi connectivity index (χ0) is 22.1. The van der Waals surface area contributed by atoms with Crippen LogP contribution in [0.15, 0.2) is 32.6 Å². The molecule has 6 nitrogen and oxygen atoms in total. The van der Waals surface area contributed by atoms with Gasteiger partial charge in [0.1, 0.15) is 11.5 Å². The summed E-state index contributed by atoms with van der Waals surface area (Å²) in [4.78, 5) is 31.7. The van der Waals surface area contributed by atoms with E-state index in [0.717, 1.165) is 24.7 Å². The predicted octanol–water partition coefficient (Wildman–Crippen LogP) is 4.95. The molecule has 0 radical (unpaired) electrons. The van der Waals surface area contributed by atoms with Crippen LogP contribution in [-0.2, 0) is 9.59 Å². The van der Waals surface area contributed by atoms with Crippen LogP contribution in [-0.4, -0.2) is 47.3 Å². The molecule has 0 spiro atoms.